The Balaban J connectivity index is 2.72. The smallest absolute Gasteiger partial charge is 0.101 e. The summed E-state index contributed by atoms with van der Waals surface area (Å²) in [6.45, 7) is 6.16. The predicted molar refractivity (Wildman–Crippen MR) is 57.7 cm³/mol. The first kappa shape index (κ1) is 10.7. The van der Waals surface area contributed by atoms with Crippen LogP contribution < -0.4 is 0 Å². The summed E-state index contributed by atoms with van der Waals surface area (Å²) in [5.74, 6) is 0. The topological polar surface area (TPSA) is 29.5 Å². The van der Waals surface area contributed by atoms with Crippen molar-refractivity contribution in [2.45, 2.75) is 50.9 Å². The second kappa shape index (κ2) is 3.42. The second-order valence-corrected chi connectivity index (χ2v) is 5.13. The maximum atomic E-state index is 9.73. The Morgan fingerprint density at radius 2 is 2.08 bits per heavy atom. The molecule has 1 saturated heterocycles. The number of hydrogen-bond donors (Lipinski definition) is 1. The van der Waals surface area contributed by atoms with Crippen LogP contribution in [-0.2, 0) is 4.74 Å². The minimum Gasteiger partial charge on any atom is -0.390 e. The molecule has 0 aromatic carbocycles. The molecule has 1 aliphatic heterocycles. The summed E-state index contributed by atoms with van der Waals surface area (Å²) in [6.07, 6.45) is 1.50. The van der Waals surface area contributed by atoms with E-state index in [-0.39, 0.29) is 17.3 Å². The van der Waals surface area contributed by atoms with Gasteiger partial charge in [0.15, 0.2) is 0 Å². The molecule has 1 fully saturated rings. The summed E-state index contributed by atoms with van der Waals surface area (Å²) >= 11 is 2.27. The Labute approximate surface area is 87.8 Å². The van der Waals surface area contributed by atoms with Gasteiger partial charge < -0.3 is 9.84 Å². The highest BCUT2D eigenvalue weighted by molar-refractivity contribution is 14.1. The summed E-state index contributed by atoms with van der Waals surface area (Å²) in [5, 5.41) is 9.73. The third-order valence-electron chi connectivity index (χ3n) is 2.50. The first-order chi connectivity index (χ1) is 5.40. The van der Waals surface area contributed by atoms with Crippen LogP contribution in [0.3, 0.4) is 0 Å². The zero-order valence-electron chi connectivity index (χ0n) is 7.93. The van der Waals surface area contributed by atoms with Crippen molar-refractivity contribution in [2.75, 3.05) is 4.43 Å². The van der Waals surface area contributed by atoms with Crippen molar-refractivity contribution in [3.05, 3.63) is 0 Å². The molecule has 3 heteroatoms. The highest BCUT2D eigenvalue weighted by atomic mass is 127. The minimum absolute atomic E-state index is 0.0703. The van der Waals surface area contributed by atoms with Crippen LogP contribution in [0.4, 0.5) is 0 Å². The first-order valence-corrected chi connectivity index (χ1v) is 5.86. The van der Waals surface area contributed by atoms with Gasteiger partial charge in [0, 0.05) is 4.43 Å². The fourth-order valence-corrected chi connectivity index (χ4v) is 2.32. The Kier molecular flexibility index (Phi) is 3.06. The van der Waals surface area contributed by atoms with E-state index < -0.39 is 0 Å². The Morgan fingerprint density at radius 1 is 1.50 bits per heavy atom. The number of hydrogen-bond acceptors (Lipinski definition) is 2. The van der Waals surface area contributed by atoms with Crippen LogP contribution >= 0.6 is 22.6 Å². The van der Waals surface area contributed by atoms with E-state index in [2.05, 4.69) is 36.4 Å². The van der Waals surface area contributed by atoms with E-state index in [1.807, 2.05) is 6.92 Å². The molecule has 2 atom stereocenters. The van der Waals surface area contributed by atoms with Gasteiger partial charge in [0.2, 0.25) is 0 Å². The average molecular weight is 284 g/mol. The van der Waals surface area contributed by atoms with Crippen LogP contribution in [0.25, 0.3) is 0 Å². The van der Waals surface area contributed by atoms with Crippen LogP contribution in [-0.4, -0.2) is 26.8 Å². The summed E-state index contributed by atoms with van der Waals surface area (Å²) < 4.78 is 6.71. The highest BCUT2D eigenvalue weighted by Crippen LogP contribution is 2.36. The highest BCUT2D eigenvalue weighted by Gasteiger charge is 2.42. The van der Waals surface area contributed by atoms with E-state index in [1.54, 1.807) is 0 Å². The molecule has 1 rings (SSSR count). The number of alkyl halides is 1. The van der Waals surface area contributed by atoms with Crippen molar-refractivity contribution in [3.8, 4) is 0 Å². The van der Waals surface area contributed by atoms with Crippen LogP contribution in [0.5, 0.6) is 0 Å². The van der Waals surface area contributed by atoms with Crippen LogP contribution in [0, 0.1) is 0 Å². The maximum absolute atomic E-state index is 9.73. The fourth-order valence-electron chi connectivity index (χ4n) is 1.66. The van der Waals surface area contributed by atoms with E-state index in [1.165, 1.54) is 0 Å². The quantitative estimate of drug-likeness (QED) is 0.590. The normalized spacial score (nSPS) is 41.2. The molecule has 0 saturated carbocycles. The molecular weight excluding hydrogens is 267 g/mol. The van der Waals surface area contributed by atoms with Crippen LogP contribution in [0.15, 0.2) is 0 Å². The van der Waals surface area contributed by atoms with Crippen LogP contribution in [0.1, 0.15) is 33.6 Å². The molecule has 0 aromatic heterocycles. The predicted octanol–water partition coefficient (Wildman–Crippen LogP) is 2.13. The number of ether oxygens (including phenoxy) is 1. The van der Waals surface area contributed by atoms with Crippen molar-refractivity contribution in [2.24, 2.45) is 0 Å². The fraction of sp³-hybridized carbons (Fsp3) is 1.00. The lowest BCUT2D eigenvalue weighted by Crippen LogP contribution is -2.53. The van der Waals surface area contributed by atoms with Gasteiger partial charge in [-0.1, -0.05) is 22.6 Å². The van der Waals surface area contributed by atoms with Gasteiger partial charge in [-0.05, 0) is 33.6 Å². The molecular formula is C9H17IO2. The van der Waals surface area contributed by atoms with Crippen molar-refractivity contribution >= 4 is 22.6 Å². The van der Waals surface area contributed by atoms with Gasteiger partial charge >= 0.3 is 0 Å². The summed E-state index contributed by atoms with van der Waals surface area (Å²) in [6, 6.07) is 0. The lowest BCUT2D eigenvalue weighted by molar-refractivity contribution is -0.203. The monoisotopic (exact) mass is 284 g/mol. The Hall–Kier alpha value is 0.650. The van der Waals surface area contributed by atoms with Gasteiger partial charge in [-0.3, -0.25) is 0 Å². The number of aliphatic hydroxyl groups excluding tert-OH is 1. The molecule has 2 nitrogen and oxygen atoms in total. The maximum Gasteiger partial charge on any atom is 0.101 e. The van der Waals surface area contributed by atoms with Crippen molar-refractivity contribution in [1.82, 2.24) is 0 Å². The summed E-state index contributed by atoms with van der Waals surface area (Å²) in [7, 11) is 0. The molecule has 0 aliphatic carbocycles. The third-order valence-corrected chi connectivity index (χ3v) is 4.01. The van der Waals surface area contributed by atoms with E-state index in [4.69, 9.17) is 4.74 Å². The number of aliphatic hydroxyl groups is 1. The zero-order chi connectivity index (χ0) is 9.41. The van der Waals surface area contributed by atoms with Gasteiger partial charge in [0.25, 0.3) is 0 Å². The minimum atomic E-state index is -0.345. The molecule has 1 heterocycles. The van der Waals surface area contributed by atoms with Crippen molar-refractivity contribution in [1.29, 1.82) is 0 Å². The largest absolute Gasteiger partial charge is 0.390 e. The van der Waals surface area contributed by atoms with Crippen molar-refractivity contribution in [3.63, 3.8) is 0 Å². The molecule has 0 bridgehead atoms. The zero-order valence-corrected chi connectivity index (χ0v) is 10.1. The standard InChI is InChI=1S/C9H17IO2/c1-8(2)5-4-7(11)9(3,6-10)12-8/h7,11H,4-6H2,1-3H3/t7?,9-/m0/s1. The molecule has 1 aliphatic rings. The molecule has 0 spiro atoms. The van der Waals surface area contributed by atoms with Crippen LogP contribution in [0.2, 0.25) is 0 Å². The van der Waals surface area contributed by atoms with Gasteiger partial charge in [-0.15, -0.1) is 0 Å². The van der Waals surface area contributed by atoms with Gasteiger partial charge in [-0.2, -0.15) is 0 Å². The molecule has 1 N–H and O–H groups in total. The van der Waals surface area contributed by atoms with E-state index in [9.17, 15) is 5.11 Å². The number of halogens is 1. The van der Waals surface area contributed by atoms with E-state index >= 15 is 0 Å². The molecule has 1 unspecified atom stereocenters. The molecule has 0 aromatic rings. The van der Waals surface area contributed by atoms with E-state index in [0.29, 0.717) is 0 Å². The summed E-state index contributed by atoms with van der Waals surface area (Å²) in [5.41, 5.74) is -0.415. The van der Waals surface area contributed by atoms with Gasteiger partial charge in [0.1, 0.15) is 5.60 Å². The second-order valence-electron chi connectivity index (χ2n) is 4.36. The van der Waals surface area contributed by atoms with E-state index in [0.717, 1.165) is 17.3 Å². The van der Waals surface area contributed by atoms with Gasteiger partial charge in [0.05, 0.1) is 11.7 Å². The average Bonchev–Trinajstić information content (AvgIpc) is 1.97. The lowest BCUT2D eigenvalue weighted by Gasteiger charge is -2.45. The Morgan fingerprint density at radius 3 is 2.50 bits per heavy atom. The summed E-state index contributed by atoms with van der Waals surface area (Å²) in [4.78, 5) is 0. The molecule has 72 valence electrons. The SMILES string of the molecule is CC1(C)CCC(O)[C@](C)(CI)O1. The first-order valence-electron chi connectivity index (χ1n) is 4.34. The van der Waals surface area contributed by atoms with Gasteiger partial charge in [-0.25, -0.2) is 0 Å². The third kappa shape index (κ3) is 2.12. The van der Waals surface area contributed by atoms with Crippen molar-refractivity contribution < 1.29 is 9.84 Å². The lowest BCUT2D eigenvalue weighted by atomic mass is 9.87. The Bertz CT molecular complexity index is 170. The molecule has 0 radical (unpaired) electrons. The molecule has 12 heavy (non-hydrogen) atoms. The number of rotatable bonds is 1. The molecule has 0 amide bonds.